The van der Waals surface area contributed by atoms with Gasteiger partial charge in [0, 0.05) is 0 Å². The predicted octanol–water partition coefficient (Wildman–Crippen LogP) is 5.56. The second-order valence-corrected chi connectivity index (χ2v) is 11.3. The smallest absolute Gasteiger partial charge is 0.0625 e. The van der Waals surface area contributed by atoms with E-state index < -0.39 is 11.2 Å². The quantitative estimate of drug-likeness (QED) is 0.700. The van der Waals surface area contributed by atoms with E-state index in [1.165, 1.54) is 44.9 Å². The lowest BCUT2D eigenvalue weighted by atomic mass is 9.50. The van der Waals surface area contributed by atoms with Gasteiger partial charge in [0.05, 0.1) is 11.2 Å². The minimum atomic E-state index is -0.546. The van der Waals surface area contributed by atoms with Gasteiger partial charge in [-0.1, -0.05) is 27.2 Å². The third-order valence-electron chi connectivity index (χ3n) is 9.23. The van der Waals surface area contributed by atoms with Crippen LogP contribution in [0.15, 0.2) is 0 Å². The molecule has 0 spiro atoms. The van der Waals surface area contributed by atoms with Gasteiger partial charge in [-0.15, -0.1) is 0 Å². The summed E-state index contributed by atoms with van der Waals surface area (Å²) in [5.74, 6) is 2.68. The van der Waals surface area contributed by atoms with Crippen molar-refractivity contribution in [1.29, 1.82) is 0 Å². The molecule has 2 nitrogen and oxygen atoms in total. The van der Waals surface area contributed by atoms with Crippen molar-refractivity contribution in [1.82, 2.24) is 0 Å². The average molecular weight is 351 g/mol. The van der Waals surface area contributed by atoms with Crippen LogP contribution in [0.5, 0.6) is 0 Å². The fourth-order valence-electron chi connectivity index (χ4n) is 7.54. The summed E-state index contributed by atoms with van der Waals surface area (Å²) in [6.07, 6.45) is 10.7. The Labute approximate surface area is 155 Å². The Bertz CT molecular complexity index is 491. The fourth-order valence-corrected chi connectivity index (χ4v) is 7.54. The minimum Gasteiger partial charge on any atom is -0.390 e. The van der Waals surface area contributed by atoms with E-state index in [9.17, 15) is 10.2 Å². The Morgan fingerprint density at radius 3 is 2.16 bits per heavy atom. The van der Waals surface area contributed by atoms with E-state index in [0.29, 0.717) is 22.7 Å². The summed E-state index contributed by atoms with van der Waals surface area (Å²) in [6.45, 7) is 13.4. The van der Waals surface area contributed by atoms with Gasteiger partial charge in [0.15, 0.2) is 0 Å². The van der Waals surface area contributed by atoms with Crippen molar-refractivity contribution in [2.24, 2.45) is 34.5 Å². The standard InChI is InChI=1S/C23H42O2/c1-7-16-15-21(4,25)12-13-22(16,5)18-10-11-23(6)17(14-18)8-9-19(23)20(2,3)24/h16-19,24-25H,7-15H2,1-6H3/t16-,17-,18?,19+,21-,22-,23-/m0/s1. The molecule has 2 N–H and O–H groups in total. The first-order valence-corrected chi connectivity index (χ1v) is 10.9. The number of hydrogen-bond donors (Lipinski definition) is 2. The van der Waals surface area contributed by atoms with Gasteiger partial charge in [-0.05, 0) is 107 Å². The highest BCUT2D eigenvalue weighted by Crippen LogP contribution is 2.64. The van der Waals surface area contributed by atoms with Crippen LogP contribution < -0.4 is 0 Å². The first-order chi connectivity index (χ1) is 11.4. The molecule has 0 aliphatic heterocycles. The van der Waals surface area contributed by atoms with Gasteiger partial charge in [-0.25, -0.2) is 0 Å². The Morgan fingerprint density at radius 2 is 1.56 bits per heavy atom. The second kappa shape index (κ2) is 6.23. The third kappa shape index (κ3) is 3.31. The Kier molecular flexibility index (Phi) is 4.90. The maximum Gasteiger partial charge on any atom is 0.0625 e. The molecule has 0 bridgehead atoms. The monoisotopic (exact) mass is 350 g/mol. The Hall–Kier alpha value is -0.0800. The zero-order valence-corrected chi connectivity index (χ0v) is 17.6. The molecule has 0 radical (unpaired) electrons. The van der Waals surface area contributed by atoms with E-state index in [-0.39, 0.29) is 0 Å². The van der Waals surface area contributed by atoms with Gasteiger partial charge in [0.1, 0.15) is 0 Å². The Balaban J connectivity index is 1.77. The highest BCUT2D eigenvalue weighted by molar-refractivity contribution is 5.07. The molecule has 3 rings (SSSR count). The largest absolute Gasteiger partial charge is 0.390 e. The van der Waals surface area contributed by atoms with Gasteiger partial charge in [0.2, 0.25) is 0 Å². The molecule has 3 saturated carbocycles. The van der Waals surface area contributed by atoms with E-state index in [1.807, 2.05) is 20.8 Å². The molecule has 0 heterocycles. The number of aliphatic hydroxyl groups is 2. The SMILES string of the molecule is CC[C@H]1C[C@@](C)(O)CC[C@]1(C)C1CC[C@@]2(C)[C@@H](CC[C@@H]2C(C)(C)O)C1. The predicted molar refractivity (Wildman–Crippen MR) is 104 cm³/mol. The van der Waals surface area contributed by atoms with E-state index in [0.717, 1.165) is 24.7 Å². The first kappa shape index (κ1) is 19.7. The number of hydrogen-bond acceptors (Lipinski definition) is 2. The molecule has 2 heteroatoms. The summed E-state index contributed by atoms with van der Waals surface area (Å²) in [6, 6.07) is 0. The van der Waals surface area contributed by atoms with Crippen molar-refractivity contribution < 1.29 is 10.2 Å². The van der Waals surface area contributed by atoms with E-state index in [4.69, 9.17) is 0 Å². The van der Waals surface area contributed by atoms with Crippen molar-refractivity contribution in [3.05, 3.63) is 0 Å². The summed E-state index contributed by atoms with van der Waals surface area (Å²) < 4.78 is 0. The molecular formula is C23H42O2. The molecule has 0 amide bonds. The number of rotatable bonds is 3. The van der Waals surface area contributed by atoms with Crippen molar-refractivity contribution in [3.8, 4) is 0 Å². The third-order valence-corrected chi connectivity index (χ3v) is 9.23. The van der Waals surface area contributed by atoms with Crippen molar-refractivity contribution >= 4 is 0 Å². The molecule has 7 atom stereocenters. The topological polar surface area (TPSA) is 40.5 Å². The molecule has 1 unspecified atom stereocenters. The van der Waals surface area contributed by atoms with Gasteiger partial charge < -0.3 is 10.2 Å². The maximum atomic E-state index is 10.7. The van der Waals surface area contributed by atoms with Crippen LogP contribution in [-0.4, -0.2) is 21.4 Å². The van der Waals surface area contributed by atoms with Gasteiger partial charge >= 0.3 is 0 Å². The number of fused-ring (bicyclic) bond motifs is 1. The average Bonchev–Trinajstić information content (AvgIpc) is 2.86. The summed E-state index contributed by atoms with van der Waals surface area (Å²) in [7, 11) is 0. The van der Waals surface area contributed by atoms with Gasteiger partial charge in [-0.3, -0.25) is 0 Å². The summed E-state index contributed by atoms with van der Waals surface area (Å²) in [5, 5.41) is 21.3. The maximum absolute atomic E-state index is 10.7. The summed E-state index contributed by atoms with van der Waals surface area (Å²) in [5.41, 5.74) is -0.281. The van der Waals surface area contributed by atoms with Crippen LogP contribution in [0.1, 0.15) is 99.3 Å². The molecule has 0 aromatic rings. The van der Waals surface area contributed by atoms with Crippen molar-refractivity contribution in [2.45, 2.75) is 111 Å². The van der Waals surface area contributed by atoms with Crippen LogP contribution in [0.25, 0.3) is 0 Å². The van der Waals surface area contributed by atoms with Crippen LogP contribution in [0.3, 0.4) is 0 Å². The van der Waals surface area contributed by atoms with E-state index in [1.54, 1.807) is 0 Å². The van der Waals surface area contributed by atoms with Crippen LogP contribution >= 0.6 is 0 Å². The first-order valence-electron chi connectivity index (χ1n) is 10.9. The molecule has 0 aromatic heterocycles. The van der Waals surface area contributed by atoms with Crippen molar-refractivity contribution in [3.63, 3.8) is 0 Å². The van der Waals surface area contributed by atoms with Crippen LogP contribution in [-0.2, 0) is 0 Å². The Morgan fingerprint density at radius 1 is 0.920 bits per heavy atom. The van der Waals surface area contributed by atoms with Crippen LogP contribution in [0.4, 0.5) is 0 Å². The fraction of sp³-hybridized carbons (Fsp3) is 1.00. The molecular weight excluding hydrogens is 308 g/mol. The van der Waals surface area contributed by atoms with Crippen molar-refractivity contribution in [2.75, 3.05) is 0 Å². The van der Waals surface area contributed by atoms with Gasteiger partial charge in [-0.2, -0.15) is 0 Å². The van der Waals surface area contributed by atoms with E-state index >= 15 is 0 Å². The lowest BCUT2D eigenvalue weighted by Crippen LogP contribution is -2.50. The highest BCUT2D eigenvalue weighted by Gasteiger charge is 2.57. The normalized spacial score (nSPS) is 51.4. The van der Waals surface area contributed by atoms with Crippen LogP contribution in [0, 0.1) is 34.5 Å². The van der Waals surface area contributed by atoms with E-state index in [2.05, 4.69) is 20.8 Å². The summed E-state index contributed by atoms with van der Waals surface area (Å²) in [4.78, 5) is 0. The zero-order chi connectivity index (χ0) is 18.7. The molecule has 146 valence electrons. The van der Waals surface area contributed by atoms with Gasteiger partial charge in [0.25, 0.3) is 0 Å². The summed E-state index contributed by atoms with van der Waals surface area (Å²) >= 11 is 0. The molecule has 3 aliphatic rings. The zero-order valence-electron chi connectivity index (χ0n) is 17.6. The molecule has 3 aliphatic carbocycles. The molecule has 0 aromatic carbocycles. The highest BCUT2D eigenvalue weighted by atomic mass is 16.3. The van der Waals surface area contributed by atoms with Crippen LogP contribution in [0.2, 0.25) is 0 Å². The molecule has 3 fully saturated rings. The lowest BCUT2D eigenvalue weighted by molar-refractivity contribution is -0.107. The second-order valence-electron chi connectivity index (χ2n) is 11.3. The molecule has 0 saturated heterocycles. The lowest BCUT2D eigenvalue weighted by Gasteiger charge is -2.56. The minimum absolute atomic E-state index is 0.326. The molecule has 25 heavy (non-hydrogen) atoms.